The van der Waals surface area contributed by atoms with Crippen LogP contribution >= 0.6 is 11.6 Å². The number of hydrogen-bond donors (Lipinski definition) is 2. The average Bonchev–Trinajstić information content (AvgIpc) is 2.63. The molecule has 0 unspecified atom stereocenters. The summed E-state index contributed by atoms with van der Waals surface area (Å²) in [5.74, 6) is -3.36. The smallest absolute Gasteiger partial charge is 0.307 e. The van der Waals surface area contributed by atoms with Crippen molar-refractivity contribution in [1.29, 1.82) is 0 Å². The van der Waals surface area contributed by atoms with E-state index in [2.05, 4.69) is 5.32 Å². The predicted octanol–water partition coefficient (Wildman–Crippen LogP) is 4.16. The number of hydrogen-bond acceptors (Lipinski definition) is 2. The van der Waals surface area contributed by atoms with Gasteiger partial charge in [0.15, 0.2) is 0 Å². The minimum absolute atomic E-state index is 0.161. The van der Waals surface area contributed by atoms with E-state index in [1.165, 1.54) is 6.92 Å². The molecule has 2 N–H and O–H groups in total. The Balaban J connectivity index is 2.91. The number of para-hydroxylation sites is 1. The molecule has 0 heterocycles. The molecule has 3 nitrogen and oxygen atoms in total. The summed E-state index contributed by atoms with van der Waals surface area (Å²) >= 11 is 5.86. The third kappa shape index (κ3) is 3.27. The van der Waals surface area contributed by atoms with Crippen LogP contribution < -0.4 is 5.32 Å². The molecule has 0 spiro atoms. The van der Waals surface area contributed by atoms with E-state index in [-0.39, 0.29) is 5.56 Å². The molecule has 20 heavy (non-hydrogen) atoms. The van der Waals surface area contributed by atoms with Gasteiger partial charge in [0.25, 0.3) is 0 Å². The van der Waals surface area contributed by atoms with Crippen LogP contribution in [-0.4, -0.2) is 11.1 Å². The van der Waals surface area contributed by atoms with E-state index in [9.17, 15) is 14.3 Å². The molecule has 0 amide bonds. The summed E-state index contributed by atoms with van der Waals surface area (Å²) in [6.45, 7) is 1.24. The fourth-order valence-electron chi connectivity index (χ4n) is 1.39. The number of anilines is 2. The van der Waals surface area contributed by atoms with Crippen LogP contribution in [0.25, 0.3) is 0 Å². The Morgan fingerprint density at radius 3 is 2.95 bits per heavy atom. The summed E-state index contributed by atoms with van der Waals surface area (Å²) in [6.07, 6.45) is -3.18. The Kier molecular flexibility index (Phi) is 2.10. The van der Waals surface area contributed by atoms with Crippen molar-refractivity contribution in [3.63, 3.8) is 0 Å². The molecule has 2 aromatic rings. The van der Waals surface area contributed by atoms with Gasteiger partial charge in [0.1, 0.15) is 5.82 Å². The third-order valence-electron chi connectivity index (χ3n) is 2.20. The lowest BCUT2D eigenvalue weighted by atomic mass is 10.1. The molecule has 0 aliphatic carbocycles. The maximum atomic E-state index is 14.5. The van der Waals surface area contributed by atoms with E-state index in [4.69, 9.17) is 22.6 Å². The minimum atomic E-state index is -3.18. The number of rotatable bonds is 4. The summed E-state index contributed by atoms with van der Waals surface area (Å²) in [4.78, 5) is 11.4. The highest BCUT2D eigenvalue weighted by Crippen LogP contribution is 2.30. The number of halogens is 2. The van der Waals surface area contributed by atoms with E-state index in [1.807, 2.05) is 0 Å². The molecule has 0 aromatic heterocycles. The molecule has 0 saturated heterocycles. The highest BCUT2D eigenvalue weighted by molar-refractivity contribution is 6.33. The van der Waals surface area contributed by atoms with E-state index >= 15 is 0 Å². The lowest BCUT2D eigenvalue weighted by molar-refractivity contribution is -0.136. The third-order valence-corrected chi connectivity index (χ3v) is 2.49. The monoisotopic (exact) mass is 301 g/mol. The number of carboxylic acids is 1. The first-order valence-electron chi connectivity index (χ1n) is 9.31. The predicted molar refractivity (Wildman–Crippen MR) is 77.2 cm³/mol. The number of aliphatic carboxylic acids is 1. The minimum Gasteiger partial charge on any atom is -0.481 e. The quantitative estimate of drug-likeness (QED) is 0.891. The Morgan fingerprint density at radius 2 is 2.25 bits per heavy atom. The number of carboxylic acid groups (broad SMARTS) is 1. The fraction of sp³-hybridized carbons (Fsp3) is 0.133. The lowest BCUT2D eigenvalue weighted by Crippen LogP contribution is -2.05. The standard InChI is InChI=1S/C15H13ClFNO2/c1-9-5-6-13(10(7-9)8-14(19)20)18-15-11(16)3-2-4-12(15)17/h2-7,18H,8H2,1H3,(H,19,20)/i2D,3D,4D,5D,6D,7D,8D2. The molecule has 0 saturated carbocycles. The summed E-state index contributed by atoms with van der Waals surface area (Å²) in [5, 5.41) is 10.8. The van der Waals surface area contributed by atoms with Crippen LogP contribution in [0, 0.1) is 12.7 Å². The van der Waals surface area contributed by atoms with Gasteiger partial charge in [-0.25, -0.2) is 4.39 Å². The van der Waals surface area contributed by atoms with Crippen LogP contribution in [0.1, 0.15) is 22.1 Å². The normalized spacial score (nSPS) is 16.8. The highest BCUT2D eigenvalue weighted by atomic mass is 35.5. The largest absolute Gasteiger partial charge is 0.481 e. The van der Waals surface area contributed by atoms with Crippen molar-refractivity contribution in [2.24, 2.45) is 0 Å². The molecule has 0 bridgehead atoms. The number of carbonyl (C=O) groups is 1. The van der Waals surface area contributed by atoms with Crippen molar-refractivity contribution in [2.45, 2.75) is 13.3 Å². The zero-order chi connectivity index (χ0) is 21.7. The molecular formula is C15H13ClFNO2. The second-order valence-electron chi connectivity index (χ2n) is 3.68. The maximum Gasteiger partial charge on any atom is 0.307 e. The van der Waals surface area contributed by atoms with E-state index in [1.54, 1.807) is 0 Å². The Bertz CT molecular complexity index is 986. The van der Waals surface area contributed by atoms with Gasteiger partial charge in [0.05, 0.1) is 25.3 Å². The first-order valence-corrected chi connectivity index (χ1v) is 5.68. The van der Waals surface area contributed by atoms with Crippen molar-refractivity contribution in [2.75, 3.05) is 5.32 Å². The van der Waals surface area contributed by atoms with Crippen LogP contribution in [0.4, 0.5) is 15.8 Å². The van der Waals surface area contributed by atoms with E-state index < -0.39 is 76.4 Å². The Morgan fingerprint density at radius 1 is 1.50 bits per heavy atom. The average molecular weight is 302 g/mol. The van der Waals surface area contributed by atoms with Crippen LogP contribution in [-0.2, 0) is 11.2 Å². The summed E-state index contributed by atoms with van der Waals surface area (Å²) in [7, 11) is 0. The van der Waals surface area contributed by atoms with Crippen molar-refractivity contribution in [3.8, 4) is 0 Å². The molecule has 104 valence electrons. The lowest BCUT2D eigenvalue weighted by Gasteiger charge is -2.13. The summed E-state index contributed by atoms with van der Waals surface area (Å²) in [6, 6.07) is -4.43. The van der Waals surface area contributed by atoms with Crippen LogP contribution in [0.5, 0.6) is 0 Å². The SMILES string of the molecule is [2H]c1c([2H])c(F)c(Nc2c([2H])c([2H])c(C)c([2H])c2C([2H])([2H])C(=O)O)c(Cl)c1[2H]. The highest BCUT2D eigenvalue weighted by Gasteiger charge is 2.11. The summed E-state index contributed by atoms with van der Waals surface area (Å²) < 4.78 is 76.7. The van der Waals surface area contributed by atoms with Crippen molar-refractivity contribution in [1.82, 2.24) is 0 Å². The van der Waals surface area contributed by atoms with Gasteiger partial charge in [-0.3, -0.25) is 4.79 Å². The second kappa shape index (κ2) is 5.92. The van der Waals surface area contributed by atoms with Crippen molar-refractivity contribution >= 4 is 28.9 Å². The molecular weight excluding hydrogens is 281 g/mol. The van der Waals surface area contributed by atoms with Crippen LogP contribution in [0.2, 0.25) is 5.02 Å². The van der Waals surface area contributed by atoms with Crippen molar-refractivity contribution < 1.29 is 25.3 Å². The van der Waals surface area contributed by atoms with Crippen LogP contribution in [0.3, 0.4) is 0 Å². The van der Waals surface area contributed by atoms with Gasteiger partial charge >= 0.3 is 5.97 Å². The molecule has 0 aliphatic rings. The zero-order valence-electron chi connectivity index (χ0n) is 18.1. The topological polar surface area (TPSA) is 49.3 Å². The second-order valence-corrected chi connectivity index (χ2v) is 4.06. The van der Waals surface area contributed by atoms with E-state index in [0.29, 0.717) is 0 Å². The van der Waals surface area contributed by atoms with Gasteiger partial charge in [-0.05, 0) is 30.6 Å². The molecule has 0 fully saturated rings. The Hall–Kier alpha value is -2.07. The molecule has 0 aliphatic heterocycles. The first kappa shape index (κ1) is 7.09. The van der Waals surface area contributed by atoms with Crippen LogP contribution in [0.15, 0.2) is 36.3 Å². The molecule has 2 aromatic carbocycles. The van der Waals surface area contributed by atoms with Gasteiger partial charge in [-0.15, -0.1) is 0 Å². The van der Waals surface area contributed by atoms with Gasteiger partial charge in [-0.2, -0.15) is 0 Å². The van der Waals surface area contributed by atoms with Gasteiger partial charge in [-0.1, -0.05) is 35.3 Å². The van der Waals surface area contributed by atoms with Gasteiger partial charge in [0, 0.05) is 8.43 Å². The fourth-order valence-corrected chi connectivity index (χ4v) is 1.57. The van der Waals surface area contributed by atoms with E-state index in [0.717, 1.165) is 0 Å². The maximum absolute atomic E-state index is 14.5. The molecule has 0 atom stereocenters. The van der Waals surface area contributed by atoms with Gasteiger partial charge in [0.2, 0.25) is 0 Å². The molecule has 5 heteroatoms. The van der Waals surface area contributed by atoms with Gasteiger partial charge < -0.3 is 10.4 Å². The van der Waals surface area contributed by atoms with Crippen molar-refractivity contribution in [3.05, 3.63) is 58.2 Å². The first-order chi connectivity index (χ1) is 12.7. The Labute approximate surface area is 132 Å². The number of nitrogens with one attached hydrogen (secondary N) is 1. The summed E-state index contributed by atoms with van der Waals surface area (Å²) in [5.41, 5.74) is -2.45. The molecule has 2 rings (SSSR count). The zero-order valence-corrected chi connectivity index (χ0v) is 10.9. The molecule has 0 radical (unpaired) electrons. The number of benzene rings is 2.